The van der Waals surface area contributed by atoms with Crippen molar-refractivity contribution in [2.24, 2.45) is 0 Å². The van der Waals surface area contributed by atoms with Gasteiger partial charge in [-0.3, -0.25) is 0 Å². The van der Waals surface area contributed by atoms with E-state index in [1.165, 1.54) is 4.90 Å². The van der Waals surface area contributed by atoms with E-state index in [4.69, 9.17) is 9.84 Å². The monoisotopic (exact) mass is 282 g/mol. The number of carbonyl (C=O) groups excluding carboxylic acids is 1. The van der Waals surface area contributed by atoms with Gasteiger partial charge in [0.15, 0.2) is 6.10 Å². The van der Waals surface area contributed by atoms with Crippen LogP contribution in [0.25, 0.3) is 0 Å². The zero-order chi connectivity index (χ0) is 14.3. The molecule has 0 aromatic heterocycles. The van der Waals surface area contributed by atoms with Crippen molar-refractivity contribution in [3.8, 4) is 0 Å². The minimum absolute atomic E-state index is 0.0250. The van der Waals surface area contributed by atoms with Crippen LogP contribution in [0.5, 0.6) is 0 Å². The summed E-state index contributed by atoms with van der Waals surface area (Å²) in [5.41, 5.74) is 0. The molecule has 1 atom stereocenters. The molecule has 0 radical (unpaired) electrons. The van der Waals surface area contributed by atoms with Crippen molar-refractivity contribution in [1.29, 1.82) is 0 Å². The van der Waals surface area contributed by atoms with Gasteiger partial charge in [0.05, 0.1) is 19.8 Å². The summed E-state index contributed by atoms with van der Waals surface area (Å²) < 4.78 is 33.0. The lowest BCUT2D eigenvalue weighted by molar-refractivity contribution is -0.154. The topological polar surface area (TPSA) is 88.1 Å². The number of carboxylic acids is 1. The summed E-state index contributed by atoms with van der Waals surface area (Å²) in [4.78, 5) is 23.6. The van der Waals surface area contributed by atoms with Crippen LogP contribution in [-0.4, -0.2) is 74.0 Å². The Morgan fingerprint density at radius 2 is 2.26 bits per heavy atom. The lowest BCUT2D eigenvalue weighted by atomic mass is 10.3. The average Bonchev–Trinajstić information content (AvgIpc) is 2.37. The Morgan fingerprint density at radius 1 is 1.53 bits per heavy atom. The summed E-state index contributed by atoms with van der Waals surface area (Å²) in [6.07, 6.45) is -3.57. The lowest BCUT2D eigenvalue weighted by Gasteiger charge is -2.30. The lowest BCUT2D eigenvalue weighted by Crippen LogP contribution is -2.52. The molecule has 7 nitrogen and oxygen atoms in total. The highest BCUT2D eigenvalue weighted by molar-refractivity contribution is 5.77. The second-order valence-corrected chi connectivity index (χ2v) is 3.84. The van der Waals surface area contributed by atoms with Gasteiger partial charge < -0.3 is 24.8 Å². The number of hydrogen-bond donors (Lipinski definition) is 2. The molecule has 1 fully saturated rings. The summed E-state index contributed by atoms with van der Waals surface area (Å²) in [5, 5.41) is 11.2. The Labute approximate surface area is 108 Å². The van der Waals surface area contributed by atoms with Gasteiger partial charge in [-0.2, -0.15) is 0 Å². The normalized spacial score (nSPS) is 19.5. The van der Waals surface area contributed by atoms with E-state index in [-0.39, 0.29) is 32.8 Å². The molecule has 0 aromatic rings. The van der Waals surface area contributed by atoms with E-state index in [0.29, 0.717) is 0 Å². The van der Waals surface area contributed by atoms with Gasteiger partial charge in [-0.25, -0.2) is 18.4 Å². The van der Waals surface area contributed by atoms with Gasteiger partial charge in [-0.05, 0) is 0 Å². The molecule has 0 aliphatic carbocycles. The molecular formula is C10H16F2N2O5. The first kappa shape index (κ1) is 15.6. The number of carbonyl (C=O) groups is 2. The first-order valence-corrected chi connectivity index (χ1v) is 5.73. The summed E-state index contributed by atoms with van der Waals surface area (Å²) in [5.74, 6) is -1.13. The number of carboxylic acid groups (broad SMARTS) is 1. The van der Waals surface area contributed by atoms with Crippen LogP contribution >= 0.6 is 0 Å². The molecule has 9 heteroatoms. The van der Waals surface area contributed by atoms with Crippen LogP contribution in [0.1, 0.15) is 0 Å². The van der Waals surface area contributed by atoms with E-state index < -0.39 is 31.1 Å². The minimum Gasteiger partial charge on any atom is -0.479 e. The highest BCUT2D eigenvalue weighted by atomic mass is 19.3. The number of halogens is 2. The third kappa shape index (κ3) is 5.79. The van der Waals surface area contributed by atoms with Crippen LogP contribution in [0.15, 0.2) is 0 Å². The molecule has 0 aromatic carbocycles. The fraction of sp³-hybridized carbons (Fsp3) is 0.800. The standard InChI is InChI=1S/C10H16F2N2O5/c11-8(12)6-18-3-1-13-10(17)14-2-4-19-7(5-14)9(15)16/h7-8H,1-6H2,(H,13,17)(H,15,16). The predicted octanol–water partition coefficient (Wildman–Crippen LogP) is -0.237. The van der Waals surface area contributed by atoms with Crippen molar-refractivity contribution in [1.82, 2.24) is 10.2 Å². The van der Waals surface area contributed by atoms with Gasteiger partial charge in [-0.1, -0.05) is 0 Å². The number of morpholine rings is 1. The first-order valence-electron chi connectivity index (χ1n) is 5.73. The zero-order valence-corrected chi connectivity index (χ0v) is 10.2. The fourth-order valence-electron chi connectivity index (χ4n) is 1.50. The molecule has 1 heterocycles. The van der Waals surface area contributed by atoms with Crippen molar-refractivity contribution in [2.45, 2.75) is 12.5 Å². The molecule has 1 saturated heterocycles. The van der Waals surface area contributed by atoms with Crippen LogP contribution in [-0.2, 0) is 14.3 Å². The number of alkyl halides is 2. The van der Waals surface area contributed by atoms with E-state index >= 15 is 0 Å². The second kappa shape index (κ2) is 7.85. The number of nitrogens with zero attached hydrogens (tertiary/aromatic N) is 1. The number of amides is 2. The van der Waals surface area contributed by atoms with Crippen molar-refractivity contribution in [3.05, 3.63) is 0 Å². The smallest absolute Gasteiger partial charge is 0.334 e. The number of aliphatic carboxylic acids is 1. The fourth-order valence-corrected chi connectivity index (χ4v) is 1.50. The van der Waals surface area contributed by atoms with E-state index in [9.17, 15) is 18.4 Å². The van der Waals surface area contributed by atoms with E-state index in [0.717, 1.165) is 0 Å². The Morgan fingerprint density at radius 3 is 2.89 bits per heavy atom. The van der Waals surface area contributed by atoms with Gasteiger partial charge >= 0.3 is 12.0 Å². The molecule has 19 heavy (non-hydrogen) atoms. The third-order valence-corrected chi connectivity index (χ3v) is 2.40. The summed E-state index contributed by atoms with van der Waals surface area (Å²) in [7, 11) is 0. The maximum Gasteiger partial charge on any atom is 0.334 e. The summed E-state index contributed by atoms with van der Waals surface area (Å²) in [6, 6.07) is -0.463. The molecule has 0 spiro atoms. The highest BCUT2D eigenvalue weighted by Crippen LogP contribution is 2.05. The Kier molecular flexibility index (Phi) is 6.43. The van der Waals surface area contributed by atoms with Gasteiger partial charge in [0.1, 0.15) is 6.61 Å². The quantitative estimate of drug-likeness (QED) is 0.657. The number of rotatable bonds is 6. The molecule has 2 N–H and O–H groups in total. The number of urea groups is 1. The van der Waals surface area contributed by atoms with E-state index in [1.807, 2.05) is 0 Å². The van der Waals surface area contributed by atoms with Crippen LogP contribution in [0.3, 0.4) is 0 Å². The third-order valence-electron chi connectivity index (χ3n) is 2.40. The largest absolute Gasteiger partial charge is 0.479 e. The van der Waals surface area contributed by atoms with Crippen LogP contribution in [0.4, 0.5) is 13.6 Å². The first-order chi connectivity index (χ1) is 9.00. The van der Waals surface area contributed by atoms with Crippen molar-refractivity contribution < 1.29 is 33.0 Å². The molecule has 0 saturated carbocycles. The maximum absolute atomic E-state index is 11.7. The molecule has 0 bridgehead atoms. The van der Waals surface area contributed by atoms with Gasteiger partial charge in [0, 0.05) is 13.1 Å². The number of ether oxygens (including phenoxy) is 2. The highest BCUT2D eigenvalue weighted by Gasteiger charge is 2.28. The molecular weight excluding hydrogens is 266 g/mol. The zero-order valence-electron chi connectivity index (χ0n) is 10.2. The van der Waals surface area contributed by atoms with Crippen molar-refractivity contribution in [2.75, 3.05) is 39.5 Å². The molecule has 1 aliphatic heterocycles. The summed E-state index contributed by atoms with van der Waals surface area (Å²) >= 11 is 0. The molecule has 110 valence electrons. The number of hydrogen-bond acceptors (Lipinski definition) is 4. The van der Waals surface area contributed by atoms with Crippen LogP contribution < -0.4 is 5.32 Å². The molecule has 2 amide bonds. The minimum atomic E-state index is -2.54. The second-order valence-electron chi connectivity index (χ2n) is 3.84. The average molecular weight is 282 g/mol. The van der Waals surface area contributed by atoms with Gasteiger partial charge in [0.25, 0.3) is 6.43 Å². The SMILES string of the molecule is O=C(O)C1CN(C(=O)NCCOCC(F)F)CCO1. The predicted molar refractivity (Wildman–Crippen MR) is 59.2 cm³/mol. The van der Waals surface area contributed by atoms with Crippen molar-refractivity contribution in [3.63, 3.8) is 0 Å². The Hall–Kier alpha value is -1.48. The van der Waals surface area contributed by atoms with E-state index in [1.54, 1.807) is 0 Å². The molecule has 1 rings (SSSR count). The van der Waals surface area contributed by atoms with Gasteiger partial charge in [-0.15, -0.1) is 0 Å². The number of nitrogens with one attached hydrogen (secondary N) is 1. The summed E-state index contributed by atoms with van der Waals surface area (Å²) in [6.45, 7) is -0.225. The van der Waals surface area contributed by atoms with Crippen LogP contribution in [0.2, 0.25) is 0 Å². The molecule has 1 unspecified atom stereocenters. The van der Waals surface area contributed by atoms with Crippen LogP contribution in [0, 0.1) is 0 Å². The van der Waals surface area contributed by atoms with Crippen molar-refractivity contribution >= 4 is 12.0 Å². The van der Waals surface area contributed by atoms with E-state index in [2.05, 4.69) is 10.1 Å². The maximum atomic E-state index is 11.7. The molecule has 1 aliphatic rings. The Balaban J connectivity index is 2.20. The Bertz CT molecular complexity index is 316. The van der Waals surface area contributed by atoms with Gasteiger partial charge in [0.2, 0.25) is 0 Å².